The summed E-state index contributed by atoms with van der Waals surface area (Å²) < 4.78 is 13.7. The van der Waals surface area contributed by atoms with Gasteiger partial charge in [0, 0.05) is 17.3 Å². The predicted octanol–water partition coefficient (Wildman–Crippen LogP) is 10.8. The van der Waals surface area contributed by atoms with Crippen molar-refractivity contribution in [3.63, 3.8) is 0 Å². The molecule has 2 N–H and O–H groups in total. The third-order valence-electron chi connectivity index (χ3n) is 9.80. The number of nitrogens with one attached hydrogen (secondary N) is 2. The molecular weight excluding hydrogens is 782 g/mol. The van der Waals surface area contributed by atoms with Crippen LogP contribution in [0.15, 0.2) is 230 Å². The number of thioether (sulfide) groups is 1. The molecule has 288 valence electrons. The molecule has 0 bridgehead atoms. The summed E-state index contributed by atoms with van der Waals surface area (Å²) in [7, 11) is -2.80. The molecule has 2 heterocycles. The molecular formula is C51H42FN4P2S+. The van der Waals surface area contributed by atoms with Crippen LogP contribution >= 0.6 is 27.1 Å². The first-order chi connectivity index (χ1) is 29.1. The molecule has 9 aromatic rings. The smallest absolute Gasteiger partial charge is 0.201 e. The Labute approximate surface area is 351 Å². The fraction of sp³-hybridized carbons (Fsp3) is 0.0196. The van der Waals surface area contributed by atoms with Crippen molar-refractivity contribution in [3.8, 4) is 22.5 Å². The summed E-state index contributed by atoms with van der Waals surface area (Å²) >= 11 is 1.54. The zero-order valence-corrected chi connectivity index (χ0v) is 35.0. The minimum atomic E-state index is -2.35. The Morgan fingerprint density at radius 3 is 1.37 bits per heavy atom. The summed E-state index contributed by atoms with van der Waals surface area (Å²) in [5.74, 6) is 0.481. The van der Waals surface area contributed by atoms with Crippen LogP contribution in [0.2, 0.25) is 0 Å². The summed E-state index contributed by atoms with van der Waals surface area (Å²) in [5.41, 5.74) is 3.43. The Hall–Kier alpha value is -6.16. The number of anilines is 1. The van der Waals surface area contributed by atoms with Gasteiger partial charge in [0.15, 0.2) is 11.0 Å². The number of rotatable bonds is 11. The van der Waals surface area contributed by atoms with Crippen LogP contribution in [0, 0.1) is 5.82 Å². The van der Waals surface area contributed by atoms with Gasteiger partial charge in [0.25, 0.3) is 0 Å². The van der Waals surface area contributed by atoms with E-state index in [0.717, 1.165) is 33.5 Å². The van der Waals surface area contributed by atoms with Crippen molar-refractivity contribution in [1.29, 1.82) is 0 Å². The Morgan fingerprint density at radius 2 is 0.949 bits per heavy atom. The number of pyridine rings is 1. The van der Waals surface area contributed by atoms with E-state index in [2.05, 4.69) is 180 Å². The number of aromatic nitrogens is 3. The van der Waals surface area contributed by atoms with Gasteiger partial charge in [-0.25, -0.2) is 19.4 Å². The van der Waals surface area contributed by atoms with Gasteiger partial charge in [-0.15, -0.1) is 0 Å². The Balaban J connectivity index is 0.000000212. The van der Waals surface area contributed by atoms with Crippen molar-refractivity contribution >= 4 is 64.7 Å². The number of nitrogens with zero attached hydrogens (tertiary/aromatic N) is 2. The van der Waals surface area contributed by atoms with E-state index in [1.54, 1.807) is 12.1 Å². The van der Waals surface area contributed by atoms with Crippen LogP contribution < -0.4 is 36.9 Å². The number of imidazole rings is 1. The summed E-state index contributed by atoms with van der Waals surface area (Å²) in [6, 6.07) is 74.6. The summed E-state index contributed by atoms with van der Waals surface area (Å²) in [4.78, 5) is 13.1. The molecule has 59 heavy (non-hydrogen) atoms. The molecule has 0 amide bonds. The van der Waals surface area contributed by atoms with Gasteiger partial charge in [0.2, 0.25) is 7.41 Å². The van der Waals surface area contributed by atoms with Crippen molar-refractivity contribution < 1.29 is 4.39 Å². The lowest BCUT2D eigenvalue weighted by Crippen LogP contribution is -2.36. The fourth-order valence-electron chi connectivity index (χ4n) is 7.07. The fourth-order valence-corrected chi connectivity index (χ4v) is 13.4. The zero-order chi connectivity index (χ0) is 40.3. The molecule has 0 unspecified atom stereocenters. The molecule has 2 aromatic heterocycles. The van der Waals surface area contributed by atoms with Crippen LogP contribution in [0.1, 0.15) is 0 Å². The van der Waals surface area contributed by atoms with Crippen LogP contribution in [0.3, 0.4) is 0 Å². The van der Waals surface area contributed by atoms with Gasteiger partial charge >= 0.3 is 0 Å². The van der Waals surface area contributed by atoms with Crippen molar-refractivity contribution in [3.05, 3.63) is 230 Å². The van der Waals surface area contributed by atoms with Gasteiger partial charge < -0.3 is 4.98 Å². The van der Waals surface area contributed by atoms with Gasteiger partial charge in [-0.05, 0) is 103 Å². The Bertz CT molecular complexity index is 2480. The standard InChI is InChI=1S/C33H27FN4PS.C18H15P/c1-40-33-36-31(24-17-19-26(34)20-18-24)32(37-33)25-21-22-35-30(23-25)38-39(27-11-5-2-6-12-27,28-13-7-3-8-14-28)29-15-9-4-10-16-29;1-4-10-16(11-5-1)19(17-12-6-2-7-13-17)18-14-8-3-9-15-18/h2-23H,1H3,(H,35,38)(H,36,37);1-15H/q+1;. The minimum Gasteiger partial charge on any atom is -0.332 e. The first kappa shape index (κ1) is 39.7. The molecule has 0 atom stereocenters. The zero-order valence-electron chi connectivity index (χ0n) is 32.4. The Kier molecular flexibility index (Phi) is 12.8. The van der Waals surface area contributed by atoms with Crippen LogP contribution in [-0.4, -0.2) is 21.2 Å². The lowest BCUT2D eigenvalue weighted by Gasteiger charge is -2.28. The molecule has 0 saturated carbocycles. The monoisotopic (exact) mass is 823 g/mol. The normalized spacial score (nSPS) is 11.1. The van der Waals surface area contributed by atoms with Crippen molar-refractivity contribution in [2.24, 2.45) is 0 Å². The highest BCUT2D eigenvalue weighted by Gasteiger charge is 2.46. The summed E-state index contributed by atoms with van der Waals surface area (Å²) in [5, 5.41) is 12.5. The molecule has 0 fully saturated rings. The lowest BCUT2D eigenvalue weighted by atomic mass is 10.1. The molecule has 0 aliphatic rings. The Morgan fingerprint density at radius 1 is 0.525 bits per heavy atom. The SMILES string of the molecule is CSc1nc(-c2ccnc(N[P+](c3ccccc3)(c3ccccc3)c3ccccc3)c2)c(-c2ccc(F)cc2)[nH]1.c1ccc(P(c2ccccc2)c2ccccc2)cc1. The quantitative estimate of drug-likeness (QED) is 0.101. The highest BCUT2D eigenvalue weighted by molar-refractivity contribution is 7.98. The van der Waals surface area contributed by atoms with Gasteiger partial charge in [-0.1, -0.05) is 157 Å². The van der Waals surface area contributed by atoms with E-state index < -0.39 is 15.3 Å². The average Bonchev–Trinajstić information content (AvgIpc) is 3.76. The van der Waals surface area contributed by atoms with Crippen molar-refractivity contribution in [2.75, 3.05) is 11.3 Å². The maximum atomic E-state index is 13.7. The first-order valence-corrected chi connectivity index (χ1v) is 23.6. The second-order valence-corrected chi connectivity index (χ2v) is 19.7. The highest BCUT2D eigenvalue weighted by atomic mass is 32.2. The molecule has 4 nitrogen and oxygen atoms in total. The van der Waals surface area contributed by atoms with E-state index in [-0.39, 0.29) is 5.82 Å². The van der Waals surface area contributed by atoms with E-state index in [0.29, 0.717) is 0 Å². The third-order valence-corrected chi connectivity index (χ3v) is 16.6. The molecule has 0 aliphatic carbocycles. The van der Waals surface area contributed by atoms with E-state index in [4.69, 9.17) is 9.97 Å². The van der Waals surface area contributed by atoms with Crippen LogP contribution in [0.5, 0.6) is 0 Å². The molecule has 0 saturated heterocycles. The highest BCUT2D eigenvalue weighted by Crippen LogP contribution is 2.54. The number of aromatic amines is 1. The molecule has 0 radical (unpaired) electrons. The van der Waals surface area contributed by atoms with Gasteiger partial charge in [-0.2, -0.15) is 0 Å². The van der Waals surface area contributed by atoms with E-state index in [9.17, 15) is 4.39 Å². The van der Waals surface area contributed by atoms with Gasteiger partial charge in [0.05, 0.1) is 11.4 Å². The van der Waals surface area contributed by atoms with E-state index in [1.807, 2.05) is 36.7 Å². The molecule has 0 spiro atoms. The molecule has 7 aromatic carbocycles. The number of hydrogen-bond acceptors (Lipinski definition) is 4. The maximum Gasteiger partial charge on any atom is 0.201 e. The summed E-state index contributed by atoms with van der Waals surface area (Å²) in [6.45, 7) is 0. The minimum absolute atomic E-state index is 0.270. The van der Waals surface area contributed by atoms with Crippen LogP contribution in [-0.2, 0) is 0 Å². The number of hydrogen-bond donors (Lipinski definition) is 2. The second kappa shape index (κ2) is 19.1. The molecule has 9 rings (SSSR count). The van der Waals surface area contributed by atoms with Crippen molar-refractivity contribution in [2.45, 2.75) is 5.16 Å². The van der Waals surface area contributed by atoms with E-state index >= 15 is 0 Å². The largest absolute Gasteiger partial charge is 0.332 e. The predicted molar refractivity (Wildman–Crippen MR) is 253 cm³/mol. The number of H-pyrrole nitrogens is 1. The number of halogens is 1. The number of benzene rings is 7. The summed E-state index contributed by atoms with van der Waals surface area (Å²) in [6.07, 6.45) is 3.80. The molecule has 8 heteroatoms. The van der Waals surface area contributed by atoms with Gasteiger partial charge in [-0.3, -0.25) is 0 Å². The van der Waals surface area contributed by atoms with Gasteiger partial charge in [0.1, 0.15) is 21.7 Å². The second-order valence-electron chi connectivity index (χ2n) is 13.5. The lowest BCUT2D eigenvalue weighted by molar-refractivity contribution is 0.628. The topological polar surface area (TPSA) is 53.6 Å². The maximum absolute atomic E-state index is 13.7. The third kappa shape index (κ3) is 9.12. The van der Waals surface area contributed by atoms with E-state index in [1.165, 1.54) is 55.7 Å². The first-order valence-electron chi connectivity index (χ1n) is 19.3. The van der Waals surface area contributed by atoms with Crippen LogP contribution in [0.25, 0.3) is 22.5 Å². The average molecular weight is 824 g/mol. The van der Waals surface area contributed by atoms with Crippen molar-refractivity contribution in [1.82, 2.24) is 15.0 Å². The molecule has 0 aliphatic heterocycles. The van der Waals surface area contributed by atoms with Crippen LogP contribution in [0.4, 0.5) is 10.2 Å².